The van der Waals surface area contributed by atoms with Crippen LogP contribution in [0.1, 0.15) is 69.9 Å². The third-order valence-electron chi connectivity index (χ3n) is 7.34. The second kappa shape index (κ2) is 13.1. The highest BCUT2D eigenvalue weighted by molar-refractivity contribution is 5.89. The molecule has 3 N–H and O–H groups in total. The summed E-state index contributed by atoms with van der Waals surface area (Å²) in [4.78, 5) is 51.3. The van der Waals surface area contributed by atoms with Crippen molar-refractivity contribution in [1.82, 2.24) is 15.5 Å². The number of carbonyl (C=O) groups excluding carboxylic acids is 3. The highest BCUT2D eigenvalue weighted by Crippen LogP contribution is 2.44. The highest BCUT2D eigenvalue weighted by Gasteiger charge is 2.38. The molecule has 1 fully saturated rings. The summed E-state index contributed by atoms with van der Waals surface area (Å²) in [7, 11) is 0. The van der Waals surface area contributed by atoms with Crippen LogP contribution in [0.15, 0.2) is 48.5 Å². The van der Waals surface area contributed by atoms with Crippen LogP contribution in [-0.2, 0) is 19.1 Å². The number of rotatable bonds is 10. The Bertz CT molecular complexity index is 1230. The van der Waals surface area contributed by atoms with Crippen molar-refractivity contribution in [2.45, 2.75) is 76.5 Å². The SMILES string of the molecule is CC(C)(C)OC(=O)NCCCC[C@H](NC(=O)OCC1c2ccccc2-c2ccccc21)C(=O)N1CCC[C@H]1C(=O)O. The van der Waals surface area contributed by atoms with Crippen molar-refractivity contribution in [3.63, 3.8) is 0 Å². The maximum atomic E-state index is 13.4. The van der Waals surface area contributed by atoms with Gasteiger partial charge >= 0.3 is 18.2 Å². The predicted molar refractivity (Wildman–Crippen MR) is 152 cm³/mol. The quantitative estimate of drug-likeness (QED) is 0.357. The van der Waals surface area contributed by atoms with E-state index >= 15 is 0 Å². The molecular formula is C31H39N3O7. The maximum absolute atomic E-state index is 13.4. The van der Waals surface area contributed by atoms with E-state index in [0.717, 1.165) is 22.3 Å². The Kier molecular flexibility index (Phi) is 9.52. The number of alkyl carbamates (subject to hydrolysis) is 2. The third-order valence-corrected chi connectivity index (χ3v) is 7.34. The number of carboxylic acids is 1. The maximum Gasteiger partial charge on any atom is 0.407 e. The molecule has 10 nitrogen and oxygen atoms in total. The van der Waals surface area contributed by atoms with Gasteiger partial charge in [-0.25, -0.2) is 14.4 Å². The molecule has 2 aromatic carbocycles. The van der Waals surface area contributed by atoms with E-state index in [1.165, 1.54) is 4.90 Å². The normalized spacial score (nSPS) is 16.9. The average molecular weight is 566 g/mol. The Morgan fingerprint density at radius 2 is 1.61 bits per heavy atom. The van der Waals surface area contributed by atoms with E-state index in [1.807, 2.05) is 36.4 Å². The molecule has 0 saturated carbocycles. The summed E-state index contributed by atoms with van der Waals surface area (Å²) in [6.07, 6.45) is 1.01. The minimum atomic E-state index is -1.06. The molecule has 2 atom stereocenters. The van der Waals surface area contributed by atoms with Gasteiger partial charge in [-0.3, -0.25) is 4.79 Å². The minimum absolute atomic E-state index is 0.0993. The highest BCUT2D eigenvalue weighted by atomic mass is 16.6. The van der Waals surface area contributed by atoms with Crippen molar-refractivity contribution in [3.8, 4) is 11.1 Å². The zero-order valence-corrected chi connectivity index (χ0v) is 23.9. The van der Waals surface area contributed by atoms with Crippen LogP contribution < -0.4 is 10.6 Å². The first-order chi connectivity index (χ1) is 19.5. The van der Waals surface area contributed by atoms with E-state index < -0.39 is 41.7 Å². The molecule has 1 aliphatic carbocycles. The Morgan fingerprint density at radius 3 is 2.22 bits per heavy atom. The van der Waals surface area contributed by atoms with Crippen molar-refractivity contribution in [2.24, 2.45) is 0 Å². The lowest BCUT2D eigenvalue weighted by molar-refractivity contribution is -0.149. The number of likely N-dealkylation sites (tertiary alicyclic amines) is 1. The van der Waals surface area contributed by atoms with Gasteiger partial charge in [-0.1, -0.05) is 48.5 Å². The lowest BCUT2D eigenvalue weighted by atomic mass is 9.98. The topological polar surface area (TPSA) is 134 Å². The van der Waals surface area contributed by atoms with Crippen LogP contribution in [-0.4, -0.2) is 71.5 Å². The van der Waals surface area contributed by atoms with E-state index in [2.05, 4.69) is 22.8 Å². The van der Waals surface area contributed by atoms with Crippen molar-refractivity contribution in [1.29, 1.82) is 0 Å². The lowest BCUT2D eigenvalue weighted by Crippen LogP contribution is -2.51. The van der Waals surface area contributed by atoms with Gasteiger partial charge in [0.25, 0.3) is 0 Å². The summed E-state index contributed by atoms with van der Waals surface area (Å²) >= 11 is 0. The van der Waals surface area contributed by atoms with Crippen molar-refractivity contribution >= 4 is 24.1 Å². The number of nitrogens with one attached hydrogen (secondary N) is 2. The smallest absolute Gasteiger partial charge is 0.407 e. The summed E-state index contributed by atoms with van der Waals surface area (Å²) in [5.41, 5.74) is 3.77. The summed E-state index contributed by atoms with van der Waals surface area (Å²) in [5, 5.41) is 15.0. The summed E-state index contributed by atoms with van der Waals surface area (Å²) in [6, 6.07) is 14.2. The van der Waals surface area contributed by atoms with Gasteiger partial charge < -0.3 is 30.1 Å². The molecule has 0 aromatic heterocycles. The van der Waals surface area contributed by atoms with Crippen LogP contribution in [0, 0.1) is 0 Å². The zero-order chi connectivity index (χ0) is 29.6. The molecule has 3 amide bonds. The van der Waals surface area contributed by atoms with Gasteiger partial charge in [0.1, 0.15) is 24.3 Å². The van der Waals surface area contributed by atoms with Gasteiger partial charge in [-0.2, -0.15) is 0 Å². The second-order valence-corrected chi connectivity index (χ2v) is 11.5. The van der Waals surface area contributed by atoms with Gasteiger partial charge in [0, 0.05) is 19.0 Å². The van der Waals surface area contributed by atoms with E-state index in [-0.39, 0.29) is 18.9 Å². The van der Waals surface area contributed by atoms with Crippen molar-refractivity contribution in [2.75, 3.05) is 19.7 Å². The Labute approximate surface area is 240 Å². The number of carbonyl (C=O) groups is 4. The monoisotopic (exact) mass is 565 g/mol. The van der Waals surface area contributed by atoms with Gasteiger partial charge in [0.15, 0.2) is 0 Å². The van der Waals surface area contributed by atoms with E-state index in [0.29, 0.717) is 38.8 Å². The second-order valence-electron chi connectivity index (χ2n) is 11.5. The number of aliphatic carboxylic acids is 1. The first-order valence-corrected chi connectivity index (χ1v) is 14.2. The summed E-state index contributed by atoms with van der Waals surface area (Å²) in [6.45, 7) is 6.09. The molecule has 0 radical (unpaired) electrons. The van der Waals surface area contributed by atoms with E-state index in [4.69, 9.17) is 9.47 Å². The molecule has 0 unspecified atom stereocenters. The Morgan fingerprint density at radius 1 is 0.976 bits per heavy atom. The molecule has 0 spiro atoms. The molecule has 0 bridgehead atoms. The first-order valence-electron chi connectivity index (χ1n) is 14.2. The molecule has 41 heavy (non-hydrogen) atoms. The number of hydrogen-bond donors (Lipinski definition) is 3. The molecule has 1 aliphatic heterocycles. The standard InChI is InChI=1S/C31H39N3O7/c1-31(2,3)41-29(38)32-17-9-8-15-25(27(35)34-18-10-16-26(34)28(36)37)33-30(39)40-19-24-22-13-6-4-11-20(22)21-12-5-7-14-23(21)24/h4-7,11-14,24-26H,8-10,15-19H2,1-3H3,(H,32,38)(H,33,39)(H,36,37)/t25-,26-/m0/s1. The third kappa shape index (κ3) is 7.56. The molecule has 1 heterocycles. The number of amides is 3. The Balaban J connectivity index is 1.37. The molecular weight excluding hydrogens is 526 g/mol. The Hall–Kier alpha value is -4.08. The molecule has 2 aliphatic rings. The zero-order valence-electron chi connectivity index (χ0n) is 23.9. The number of fused-ring (bicyclic) bond motifs is 3. The molecule has 10 heteroatoms. The van der Waals surface area contributed by atoms with Crippen LogP contribution in [0.5, 0.6) is 0 Å². The van der Waals surface area contributed by atoms with Gasteiger partial charge in [0.05, 0.1) is 0 Å². The molecule has 220 valence electrons. The van der Waals surface area contributed by atoms with Crippen molar-refractivity contribution < 1.29 is 33.8 Å². The summed E-state index contributed by atoms with van der Waals surface area (Å²) < 4.78 is 10.9. The van der Waals surface area contributed by atoms with Crippen LogP contribution >= 0.6 is 0 Å². The van der Waals surface area contributed by atoms with Crippen LogP contribution in [0.25, 0.3) is 11.1 Å². The lowest BCUT2D eigenvalue weighted by Gasteiger charge is -2.27. The number of benzene rings is 2. The van der Waals surface area contributed by atoms with Crippen LogP contribution in [0.2, 0.25) is 0 Å². The van der Waals surface area contributed by atoms with Gasteiger partial charge in [-0.15, -0.1) is 0 Å². The number of hydrogen-bond acceptors (Lipinski definition) is 6. The number of carboxylic acid groups (broad SMARTS) is 1. The van der Waals surface area contributed by atoms with Gasteiger partial charge in [0.2, 0.25) is 5.91 Å². The number of unbranched alkanes of at least 4 members (excludes halogenated alkanes) is 1. The first kappa shape index (κ1) is 29.9. The molecule has 2 aromatic rings. The predicted octanol–water partition coefficient (Wildman–Crippen LogP) is 4.66. The van der Waals surface area contributed by atoms with Crippen molar-refractivity contribution in [3.05, 3.63) is 59.7 Å². The number of nitrogens with zero attached hydrogens (tertiary/aromatic N) is 1. The minimum Gasteiger partial charge on any atom is -0.480 e. The largest absolute Gasteiger partial charge is 0.480 e. The van der Waals surface area contributed by atoms with Crippen LogP contribution in [0.4, 0.5) is 9.59 Å². The van der Waals surface area contributed by atoms with Crippen LogP contribution in [0.3, 0.4) is 0 Å². The average Bonchev–Trinajstić information content (AvgIpc) is 3.53. The summed E-state index contributed by atoms with van der Waals surface area (Å²) in [5.74, 6) is -1.63. The molecule has 4 rings (SSSR count). The molecule has 1 saturated heterocycles. The fourth-order valence-electron chi connectivity index (χ4n) is 5.51. The fraction of sp³-hybridized carbons (Fsp3) is 0.484. The van der Waals surface area contributed by atoms with E-state index in [1.54, 1.807) is 20.8 Å². The number of ether oxygens (including phenoxy) is 2. The fourth-order valence-corrected chi connectivity index (χ4v) is 5.51. The van der Waals surface area contributed by atoms with E-state index in [9.17, 15) is 24.3 Å². The van der Waals surface area contributed by atoms with Gasteiger partial charge in [-0.05, 0) is 75.1 Å².